The Morgan fingerprint density at radius 2 is 2.15 bits per heavy atom. The normalized spacial score (nSPS) is 16.1. The summed E-state index contributed by atoms with van der Waals surface area (Å²) >= 11 is 0. The van der Waals surface area contributed by atoms with Gasteiger partial charge in [-0.3, -0.25) is 0 Å². The lowest BCUT2D eigenvalue weighted by Crippen LogP contribution is -2.06. The molecule has 1 aliphatic carbocycles. The molecular weight excluding hydrogens is 250 g/mol. The molecule has 0 spiro atoms. The molecule has 4 nitrogen and oxygen atoms in total. The first-order valence-electron chi connectivity index (χ1n) is 7.67. The summed E-state index contributed by atoms with van der Waals surface area (Å²) in [6.07, 6.45) is 6.72. The molecule has 1 saturated carbocycles. The number of imidazole rings is 1. The van der Waals surface area contributed by atoms with E-state index in [2.05, 4.69) is 15.6 Å². The minimum absolute atomic E-state index is 0.602. The number of para-hydroxylation sites is 1. The Balaban J connectivity index is 1.86. The van der Waals surface area contributed by atoms with E-state index in [9.17, 15) is 0 Å². The van der Waals surface area contributed by atoms with Crippen LogP contribution < -0.4 is 10.5 Å². The number of hydrogen-bond acceptors (Lipinski definition) is 3. The maximum absolute atomic E-state index is 6.10. The number of hydrogen-bond donors (Lipinski definition) is 1. The van der Waals surface area contributed by atoms with Crippen molar-refractivity contribution < 1.29 is 4.74 Å². The van der Waals surface area contributed by atoms with Gasteiger partial charge in [0.25, 0.3) is 0 Å². The molecule has 2 N–H and O–H groups in total. The average Bonchev–Trinajstić information content (AvgIpc) is 3.05. The Bertz CT molecular complexity index is 585. The second-order valence-corrected chi connectivity index (χ2v) is 5.62. The predicted octanol–water partition coefficient (Wildman–Crippen LogP) is 3.60. The molecule has 108 valence electrons. The van der Waals surface area contributed by atoms with Crippen molar-refractivity contribution in [3.63, 3.8) is 0 Å². The smallest absolute Gasteiger partial charge is 0.201 e. The van der Waals surface area contributed by atoms with E-state index in [0.717, 1.165) is 29.2 Å². The largest absolute Gasteiger partial charge is 0.492 e. The molecule has 0 atom stereocenters. The number of aromatic nitrogens is 2. The van der Waals surface area contributed by atoms with Gasteiger partial charge in [-0.15, -0.1) is 0 Å². The van der Waals surface area contributed by atoms with Crippen LogP contribution in [-0.2, 0) is 6.54 Å². The third kappa shape index (κ3) is 2.47. The van der Waals surface area contributed by atoms with Crippen molar-refractivity contribution in [2.75, 3.05) is 12.3 Å². The second kappa shape index (κ2) is 5.73. The molecular formula is C16H23N3O. The lowest BCUT2D eigenvalue weighted by molar-refractivity contribution is 0.343. The molecule has 1 fully saturated rings. The Hall–Kier alpha value is -1.71. The number of fused-ring (bicyclic) bond motifs is 1. The molecule has 0 bridgehead atoms. The second-order valence-electron chi connectivity index (χ2n) is 5.62. The standard InChI is InChI=1S/C16H23N3O/c1-2-20-14-9-5-8-13-15(14)18-16(17)19(13)11-10-12-6-3-4-7-12/h5,8-9,12H,2-4,6-7,10-11H2,1H3,(H2,17,18). The van der Waals surface area contributed by atoms with E-state index < -0.39 is 0 Å². The minimum Gasteiger partial charge on any atom is -0.492 e. The van der Waals surface area contributed by atoms with Gasteiger partial charge in [0.15, 0.2) is 0 Å². The molecule has 4 heteroatoms. The molecule has 3 rings (SSSR count). The first kappa shape index (κ1) is 13.3. The van der Waals surface area contributed by atoms with Gasteiger partial charge in [-0.05, 0) is 31.4 Å². The Morgan fingerprint density at radius 1 is 1.35 bits per heavy atom. The van der Waals surface area contributed by atoms with Gasteiger partial charge in [-0.25, -0.2) is 4.98 Å². The molecule has 1 aliphatic rings. The highest BCUT2D eigenvalue weighted by atomic mass is 16.5. The van der Waals surface area contributed by atoms with Gasteiger partial charge in [-0.1, -0.05) is 31.7 Å². The molecule has 0 radical (unpaired) electrons. The van der Waals surface area contributed by atoms with Crippen molar-refractivity contribution in [3.05, 3.63) is 18.2 Å². The monoisotopic (exact) mass is 273 g/mol. The topological polar surface area (TPSA) is 53.1 Å². The Labute approximate surface area is 119 Å². The average molecular weight is 273 g/mol. The van der Waals surface area contributed by atoms with Gasteiger partial charge in [0.05, 0.1) is 12.1 Å². The minimum atomic E-state index is 0.602. The zero-order valence-corrected chi connectivity index (χ0v) is 12.1. The van der Waals surface area contributed by atoms with Crippen LogP contribution in [-0.4, -0.2) is 16.2 Å². The number of rotatable bonds is 5. The van der Waals surface area contributed by atoms with Gasteiger partial charge < -0.3 is 15.0 Å². The van der Waals surface area contributed by atoms with Crippen molar-refractivity contribution in [1.29, 1.82) is 0 Å². The van der Waals surface area contributed by atoms with Crippen molar-refractivity contribution in [3.8, 4) is 5.75 Å². The molecule has 0 aliphatic heterocycles. The van der Waals surface area contributed by atoms with Crippen LogP contribution in [0.15, 0.2) is 18.2 Å². The molecule has 0 saturated heterocycles. The number of benzene rings is 1. The fourth-order valence-corrected chi connectivity index (χ4v) is 3.26. The van der Waals surface area contributed by atoms with E-state index in [1.807, 2.05) is 19.1 Å². The SMILES string of the molecule is CCOc1cccc2c1nc(N)n2CCC1CCCC1. The number of aryl methyl sites for hydroxylation is 1. The zero-order valence-electron chi connectivity index (χ0n) is 12.1. The first-order chi connectivity index (χ1) is 9.79. The van der Waals surface area contributed by atoms with Gasteiger partial charge >= 0.3 is 0 Å². The highest BCUT2D eigenvalue weighted by Crippen LogP contribution is 2.31. The quantitative estimate of drug-likeness (QED) is 0.905. The number of ether oxygens (including phenoxy) is 1. The molecule has 1 heterocycles. The summed E-state index contributed by atoms with van der Waals surface area (Å²) < 4.78 is 7.77. The van der Waals surface area contributed by atoms with Crippen LogP contribution in [0.3, 0.4) is 0 Å². The number of nitrogen functional groups attached to an aromatic ring is 1. The molecule has 0 unspecified atom stereocenters. The van der Waals surface area contributed by atoms with Gasteiger partial charge in [0.2, 0.25) is 5.95 Å². The van der Waals surface area contributed by atoms with E-state index >= 15 is 0 Å². The van der Waals surface area contributed by atoms with E-state index in [1.165, 1.54) is 32.1 Å². The third-order valence-corrected chi connectivity index (χ3v) is 4.31. The summed E-state index contributed by atoms with van der Waals surface area (Å²) in [5.74, 6) is 2.29. The Kier molecular flexibility index (Phi) is 3.81. The molecule has 0 amide bonds. The fourth-order valence-electron chi connectivity index (χ4n) is 3.26. The highest BCUT2D eigenvalue weighted by molar-refractivity contribution is 5.84. The van der Waals surface area contributed by atoms with Crippen LogP contribution in [0.5, 0.6) is 5.75 Å². The first-order valence-corrected chi connectivity index (χ1v) is 7.67. The third-order valence-electron chi connectivity index (χ3n) is 4.31. The molecule has 1 aromatic carbocycles. The predicted molar refractivity (Wildman–Crippen MR) is 81.9 cm³/mol. The maximum atomic E-state index is 6.10. The summed E-state index contributed by atoms with van der Waals surface area (Å²) in [7, 11) is 0. The highest BCUT2D eigenvalue weighted by Gasteiger charge is 2.17. The maximum Gasteiger partial charge on any atom is 0.201 e. The van der Waals surface area contributed by atoms with E-state index in [0.29, 0.717) is 12.6 Å². The lowest BCUT2D eigenvalue weighted by Gasteiger charge is -2.11. The van der Waals surface area contributed by atoms with Crippen LogP contribution >= 0.6 is 0 Å². The summed E-state index contributed by atoms with van der Waals surface area (Å²) in [4.78, 5) is 4.49. The summed E-state index contributed by atoms with van der Waals surface area (Å²) in [5, 5.41) is 0. The number of nitrogens with zero attached hydrogens (tertiary/aromatic N) is 2. The number of nitrogens with two attached hydrogens (primary N) is 1. The molecule has 20 heavy (non-hydrogen) atoms. The van der Waals surface area contributed by atoms with E-state index in [4.69, 9.17) is 10.5 Å². The summed E-state index contributed by atoms with van der Waals surface area (Å²) in [5.41, 5.74) is 8.08. The van der Waals surface area contributed by atoms with Gasteiger partial charge in [0.1, 0.15) is 11.3 Å². The van der Waals surface area contributed by atoms with Crippen LogP contribution in [0.1, 0.15) is 39.0 Å². The summed E-state index contributed by atoms with van der Waals surface area (Å²) in [6, 6.07) is 6.05. The van der Waals surface area contributed by atoms with Crippen molar-refractivity contribution in [1.82, 2.24) is 9.55 Å². The van der Waals surface area contributed by atoms with Crippen molar-refractivity contribution in [2.45, 2.75) is 45.6 Å². The van der Waals surface area contributed by atoms with Crippen molar-refractivity contribution in [2.24, 2.45) is 5.92 Å². The van der Waals surface area contributed by atoms with Crippen molar-refractivity contribution >= 4 is 17.0 Å². The Morgan fingerprint density at radius 3 is 2.90 bits per heavy atom. The number of anilines is 1. The van der Waals surface area contributed by atoms with E-state index in [1.54, 1.807) is 0 Å². The molecule has 2 aromatic rings. The van der Waals surface area contributed by atoms with E-state index in [-0.39, 0.29) is 0 Å². The van der Waals surface area contributed by atoms with Crippen LogP contribution in [0.25, 0.3) is 11.0 Å². The molecule has 1 aromatic heterocycles. The fraction of sp³-hybridized carbons (Fsp3) is 0.562. The van der Waals surface area contributed by atoms with Crippen LogP contribution in [0.4, 0.5) is 5.95 Å². The lowest BCUT2D eigenvalue weighted by atomic mass is 10.0. The van der Waals surface area contributed by atoms with Crippen LogP contribution in [0.2, 0.25) is 0 Å². The summed E-state index contributed by atoms with van der Waals surface area (Å²) in [6.45, 7) is 3.59. The zero-order chi connectivity index (χ0) is 13.9. The van der Waals surface area contributed by atoms with Gasteiger partial charge in [-0.2, -0.15) is 0 Å². The van der Waals surface area contributed by atoms with Gasteiger partial charge in [0, 0.05) is 6.54 Å². The van der Waals surface area contributed by atoms with Crippen LogP contribution in [0, 0.1) is 5.92 Å².